The summed E-state index contributed by atoms with van der Waals surface area (Å²) in [4.78, 5) is 25.7. The number of carbonyl (C=O) groups is 1. The minimum absolute atomic E-state index is 0.0790. The number of hydrogen-bond acceptors (Lipinski definition) is 7. The first-order chi connectivity index (χ1) is 10.3. The maximum absolute atomic E-state index is 11.9. The molecule has 10 heteroatoms. The molecule has 0 aliphatic heterocycles. The Kier molecular flexibility index (Phi) is 4.52. The number of nitrogens with zero attached hydrogens (tertiary/aromatic N) is 2. The van der Waals surface area contributed by atoms with E-state index in [9.17, 15) is 23.3 Å². The SMILES string of the molecule is CS(=O)(=O)c1ccccc1CC(=O)Nc1ncc([N+](=O)[O-])s1. The second-order valence-electron chi connectivity index (χ2n) is 4.37. The van der Waals surface area contributed by atoms with Gasteiger partial charge in [0.05, 0.1) is 16.2 Å². The standard InChI is InChI=1S/C12H11N3O5S2/c1-22(19,20)9-5-3-2-4-8(9)6-10(16)14-12-13-7-11(21-12)15(17)18/h2-5,7H,6H2,1H3,(H,13,14,16). The minimum atomic E-state index is -3.44. The van der Waals surface area contributed by atoms with Gasteiger partial charge in [0, 0.05) is 6.26 Å². The van der Waals surface area contributed by atoms with Crippen LogP contribution in [0.15, 0.2) is 35.4 Å². The third-order valence-corrected chi connectivity index (χ3v) is 4.70. The molecule has 2 aromatic rings. The van der Waals surface area contributed by atoms with Gasteiger partial charge in [0.15, 0.2) is 15.0 Å². The summed E-state index contributed by atoms with van der Waals surface area (Å²) in [6.07, 6.45) is 1.94. The summed E-state index contributed by atoms with van der Waals surface area (Å²) in [7, 11) is -3.44. The van der Waals surface area contributed by atoms with E-state index in [-0.39, 0.29) is 21.4 Å². The van der Waals surface area contributed by atoms with Crippen LogP contribution in [0, 0.1) is 10.1 Å². The summed E-state index contributed by atoms with van der Waals surface area (Å²) in [5.41, 5.74) is 0.355. The predicted octanol–water partition coefficient (Wildman–Crippen LogP) is 1.64. The average molecular weight is 341 g/mol. The summed E-state index contributed by atoms with van der Waals surface area (Å²) >= 11 is 0.729. The Morgan fingerprint density at radius 1 is 1.41 bits per heavy atom. The lowest BCUT2D eigenvalue weighted by Crippen LogP contribution is -2.16. The molecule has 0 aliphatic rings. The molecule has 0 unspecified atom stereocenters. The van der Waals surface area contributed by atoms with Gasteiger partial charge in [-0.3, -0.25) is 14.9 Å². The normalized spacial score (nSPS) is 11.1. The number of thiazole rings is 1. The Hall–Kier alpha value is -2.33. The number of amides is 1. The van der Waals surface area contributed by atoms with Crippen molar-refractivity contribution in [2.45, 2.75) is 11.3 Å². The van der Waals surface area contributed by atoms with Crippen LogP contribution < -0.4 is 5.32 Å². The zero-order chi connectivity index (χ0) is 16.3. The van der Waals surface area contributed by atoms with E-state index in [1.54, 1.807) is 18.2 Å². The van der Waals surface area contributed by atoms with Crippen LogP contribution in [0.1, 0.15) is 5.56 Å². The van der Waals surface area contributed by atoms with Gasteiger partial charge in [-0.1, -0.05) is 18.2 Å². The van der Waals surface area contributed by atoms with Crippen molar-refractivity contribution in [2.24, 2.45) is 0 Å². The topological polar surface area (TPSA) is 119 Å². The van der Waals surface area contributed by atoms with E-state index in [1.807, 2.05) is 0 Å². The quantitative estimate of drug-likeness (QED) is 0.652. The van der Waals surface area contributed by atoms with E-state index in [0.717, 1.165) is 23.8 Å². The number of aromatic nitrogens is 1. The molecule has 0 spiro atoms. The van der Waals surface area contributed by atoms with Crippen molar-refractivity contribution in [1.82, 2.24) is 4.98 Å². The summed E-state index contributed by atoms with van der Waals surface area (Å²) in [6.45, 7) is 0. The Labute approximate surface area is 129 Å². The van der Waals surface area contributed by atoms with Crippen molar-refractivity contribution in [3.05, 3.63) is 46.1 Å². The highest BCUT2D eigenvalue weighted by Gasteiger charge is 2.17. The monoisotopic (exact) mass is 341 g/mol. The third kappa shape index (κ3) is 3.86. The van der Waals surface area contributed by atoms with Gasteiger partial charge in [0.25, 0.3) is 0 Å². The van der Waals surface area contributed by atoms with E-state index in [2.05, 4.69) is 10.3 Å². The summed E-state index contributed by atoms with van der Waals surface area (Å²) in [5, 5.41) is 12.9. The molecule has 0 saturated heterocycles. The molecule has 0 atom stereocenters. The Morgan fingerprint density at radius 3 is 2.68 bits per heavy atom. The maximum atomic E-state index is 11.9. The van der Waals surface area contributed by atoms with Crippen molar-refractivity contribution >= 4 is 37.2 Å². The van der Waals surface area contributed by atoms with Crippen molar-refractivity contribution < 1.29 is 18.1 Å². The lowest BCUT2D eigenvalue weighted by Gasteiger charge is -2.07. The molecule has 116 valence electrons. The average Bonchev–Trinajstić information content (AvgIpc) is 2.86. The van der Waals surface area contributed by atoms with E-state index in [4.69, 9.17) is 0 Å². The summed E-state index contributed by atoms with van der Waals surface area (Å²) in [5.74, 6) is -0.500. The van der Waals surface area contributed by atoms with Gasteiger partial charge in [-0.15, -0.1) is 0 Å². The van der Waals surface area contributed by atoms with Crippen LogP contribution in [0.5, 0.6) is 0 Å². The number of carbonyl (C=O) groups excluding carboxylic acids is 1. The van der Waals surface area contributed by atoms with Crippen molar-refractivity contribution in [3.8, 4) is 0 Å². The van der Waals surface area contributed by atoms with Crippen molar-refractivity contribution in [1.29, 1.82) is 0 Å². The zero-order valence-corrected chi connectivity index (χ0v) is 13.0. The second kappa shape index (κ2) is 6.20. The van der Waals surface area contributed by atoms with Crippen molar-refractivity contribution in [2.75, 3.05) is 11.6 Å². The molecule has 0 bridgehead atoms. The molecule has 1 heterocycles. The van der Waals surface area contributed by atoms with Crippen LogP contribution in [-0.4, -0.2) is 30.5 Å². The van der Waals surface area contributed by atoms with Crippen LogP contribution in [-0.2, 0) is 21.1 Å². The zero-order valence-electron chi connectivity index (χ0n) is 11.3. The highest BCUT2D eigenvalue weighted by atomic mass is 32.2. The van der Waals surface area contributed by atoms with Gasteiger partial charge < -0.3 is 5.32 Å². The highest BCUT2D eigenvalue weighted by Crippen LogP contribution is 2.25. The van der Waals surface area contributed by atoms with Crippen LogP contribution in [0.25, 0.3) is 0 Å². The fourth-order valence-corrected chi connectivity index (χ4v) is 3.35. The molecular formula is C12H11N3O5S2. The Bertz CT molecular complexity index is 829. The van der Waals surface area contributed by atoms with Crippen LogP contribution in [0.3, 0.4) is 0 Å². The number of benzene rings is 1. The highest BCUT2D eigenvalue weighted by molar-refractivity contribution is 7.90. The number of rotatable bonds is 5. The maximum Gasteiger partial charge on any atom is 0.345 e. The fourth-order valence-electron chi connectivity index (χ4n) is 1.76. The number of sulfone groups is 1. The first-order valence-electron chi connectivity index (χ1n) is 5.95. The molecule has 0 saturated carbocycles. The first kappa shape index (κ1) is 16.0. The van der Waals surface area contributed by atoms with Gasteiger partial charge in [0.2, 0.25) is 5.91 Å². The Morgan fingerprint density at radius 2 is 2.09 bits per heavy atom. The van der Waals surface area contributed by atoms with E-state index < -0.39 is 20.7 Å². The first-order valence-corrected chi connectivity index (χ1v) is 8.66. The Balaban J connectivity index is 2.14. The van der Waals surface area contributed by atoms with Gasteiger partial charge >= 0.3 is 5.00 Å². The lowest BCUT2D eigenvalue weighted by molar-refractivity contribution is -0.380. The van der Waals surface area contributed by atoms with E-state index >= 15 is 0 Å². The molecule has 1 aromatic heterocycles. The minimum Gasteiger partial charge on any atom is -0.301 e. The van der Waals surface area contributed by atoms with Gasteiger partial charge in [0.1, 0.15) is 6.20 Å². The van der Waals surface area contributed by atoms with Gasteiger partial charge in [-0.2, -0.15) is 0 Å². The summed E-state index contributed by atoms with van der Waals surface area (Å²) in [6, 6.07) is 6.17. The van der Waals surface area contributed by atoms with Crippen LogP contribution in [0.2, 0.25) is 0 Å². The smallest absolute Gasteiger partial charge is 0.301 e. The van der Waals surface area contributed by atoms with Crippen LogP contribution >= 0.6 is 11.3 Å². The number of nitrogens with one attached hydrogen (secondary N) is 1. The van der Waals surface area contributed by atoms with Crippen LogP contribution in [0.4, 0.5) is 10.1 Å². The van der Waals surface area contributed by atoms with Gasteiger partial charge in [-0.05, 0) is 23.0 Å². The molecule has 8 nitrogen and oxygen atoms in total. The second-order valence-corrected chi connectivity index (χ2v) is 7.36. The molecule has 1 amide bonds. The number of hydrogen-bond donors (Lipinski definition) is 1. The molecule has 22 heavy (non-hydrogen) atoms. The molecule has 1 N–H and O–H groups in total. The molecular weight excluding hydrogens is 330 g/mol. The lowest BCUT2D eigenvalue weighted by atomic mass is 10.1. The van der Waals surface area contributed by atoms with E-state index in [1.165, 1.54) is 6.07 Å². The molecule has 0 fully saturated rings. The molecule has 0 radical (unpaired) electrons. The molecule has 0 aliphatic carbocycles. The van der Waals surface area contributed by atoms with Crippen molar-refractivity contribution in [3.63, 3.8) is 0 Å². The third-order valence-electron chi connectivity index (χ3n) is 2.64. The fraction of sp³-hybridized carbons (Fsp3) is 0.167. The predicted molar refractivity (Wildman–Crippen MR) is 80.7 cm³/mol. The largest absolute Gasteiger partial charge is 0.345 e. The molecule has 2 rings (SSSR count). The molecule has 1 aromatic carbocycles. The van der Waals surface area contributed by atoms with Gasteiger partial charge in [-0.25, -0.2) is 13.4 Å². The summed E-state index contributed by atoms with van der Waals surface area (Å²) < 4.78 is 23.3. The number of anilines is 1. The number of nitro groups is 1. The van der Waals surface area contributed by atoms with E-state index in [0.29, 0.717) is 5.56 Å².